The quantitative estimate of drug-likeness (QED) is 0.838. The van der Waals surface area contributed by atoms with E-state index < -0.39 is 0 Å². The number of nitrogens with two attached hydrogens (primary N) is 1. The lowest BCUT2D eigenvalue weighted by atomic mass is 10.0. The fourth-order valence-electron chi connectivity index (χ4n) is 2.41. The van der Waals surface area contributed by atoms with E-state index in [0.29, 0.717) is 6.04 Å². The van der Waals surface area contributed by atoms with Crippen molar-refractivity contribution in [3.63, 3.8) is 0 Å². The number of aryl methyl sites for hydroxylation is 1. The van der Waals surface area contributed by atoms with Gasteiger partial charge in [-0.25, -0.2) is 0 Å². The number of nitrogens with zero attached hydrogens (tertiary/aromatic N) is 1. The zero-order valence-corrected chi connectivity index (χ0v) is 13.3. The molecular weight excluding hydrogens is 264 g/mol. The molecule has 0 saturated heterocycles. The minimum Gasteiger partial charge on any atom is -0.483 e. The van der Waals surface area contributed by atoms with Crippen LogP contribution < -0.4 is 10.5 Å². The molecule has 0 heterocycles. The number of rotatable bonds is 7. The molecule has 1 aromatic carbocycles. The molecule has 0 spiro atoms. The first-order valence-electron chi connectivity index (χ1n) is 7.75. The first-order chi connectivity index (χ1) is 10.0. The smallest absolute Gasteiger partial charge is 0.260 e. The van der Waals surface area contributed by atoms with Crippen molar-refractivity contribution in [1.29, 1.82) is 0 Å². The number of amides is 1. The summed E-state index contributed by atoms with van der Waals surface area (Å²) in [5, 5.41) is 0. The van der Waals surface area contributed by atoms with Crippen LogP contribution in [0.1, 0.15) is 37.3 Å². The Labute approximate surface area is 127 Å². The normalized spacial score (nSPS) is 15.6. The summed E-state index contributed by atoms with van der Waals surface area (Å²) in [6.07, 6.45) is 3.93. The van der Waals surface area contributed by atoms with Gasteiger partial charge in [0.2, 0.25) is 0 Å². The second-order valence-electron chi connectivity index (χ2n) is 5.96. The molecule has 1 aliphatic rings. The van der Waals surface area contributed by atoms with Gasteiger partial charge in [-0.05, 0) is 43.7 Å². The predicted molar refractivity (Wildman–Crippen MR) is 84.4 cm³/mol. The minimum atomic E-state index is 0.0477. The molecule has 1 saturated carbocycles. The van der Waals surface area contributed by atoms with Crippen molar-refractivity contribution in [2.45, 2.75) is 51.6 Å². The highest BCUT2D eigenvalue weighted by Crippen LogP contribution is 2.27. The molecule has 0 radical (unpaired) electrons. The van der Waals surface area contributed by atoms with Gasteiger partial charge >= 0.3 is 0 Å². The molecule has 116 valence electrons. The van der Waals surface area contributed by atoms with Gasteiger partial charge in [-0.2, -0.15) is 0 Å². The van der Waals surface area contributed by atoms with Crippen LogP contribution in [-0.4, -0.2) is 36.5 Å². The second kappa shape index (κ2) is 6.94. The van der Waals surface area contributed by atoms with E-state index >= 15 is 0 Å². The van der Waals surface area contributed by atoms with Gasteiger partial charge in [-0.1, -0.05) is 25.1 Å². The largest absolute Gasteiger partial charge is 0.483 e. The van der Waals surface area contributed by atoms with Crippen molar-refractivity contribution < 1.29 is 9.53 Å². The molecule has 1 atom stereocenters. The highest BCUT2D eigenvalue weighted by Gasteiger charge is 2.29. The van der Waals surface area contributed by atoms with Gasteiger partial charge in [0.15, 0.2) is 6.61 Å². The van der Waals surface area contributed by atoms with Crippen LogP contribution >= 0.6 is 0 Å². The van der Waals surface area contributed by atoms with Gasteiger partial charge in [0.25, 0.3) is 5.91 Å². The predicted octanol–water partition coefficient (Wildman–Crippen LogP) is 2.27. The maximum Gasteiger partial charge on any atom is 0.260 e. The molecule has 1 aromatic rings. The Morgan fingerprint density at radius 2 is 2.19 bits per heavy atom. The summed E-state index contributed by atoms with van der Waals surface area (Å²) in [4.78, 5) is 13.9. The van der Waals surface area contributed by atoms with Crippen LogP contribution in [0.2, 0.25) is 0 Å². The number of benzene rings is 1. The van der Waals surface area contributed by atoms with Crippen LogP contribution in [0.25, 0.3) is 0 Å². The average molecular weight is 290 g/mol. The molecule has 0 bridgehead atoms. The Balaban J connectivity index is 2.02. The summed E-state index contributed by atoms with van der Waals surface area (Å²) >= 11 is 0. The average Bonchev–Trinajstić information content (AvgIpc) is 3.30. The van der Waals surface area contributed by atoms with E-state index in [1.165, 1.54) is 0 Å². The lowest BCUT2D eigenvalue weighted by Gasteiger charge is -2.19. The lowest BCUT2D eigenvalue weighted by Crippen LogP contribution is -2.33. The molecule has 2 rings (SSSR count). The fraction of sp³-hybridized carbons (Fsp3) is 0.588. The van der Waals surface area contributed by atoms with E-state index in [1.807, 2.05) is 32.2 Å². The summed E-state index contributed by atoms with van der Waals surface area (Å²) in [6.45, 7) is 4.19. The zero-order chi connectivity index (χ0) is 15.4. The van der Waals surface area contributed by atoms with Crippen LogP contribution in [0, 0.1) is 6.92 Å². The summed E-state index contributed by atoms with van der Waals surface area (Å²) in [5.74, 6) is 0.866. The van der Waals surface area contributed by atoms with E-state index in [0.717, 1.165) is 42.6 Å². The highest BCUT2D eigenvalue weighted by molar-refractivity contribution is 5.78. The Bertz CT molecular complexity index is 498. The van der Waals surface area contributed by atoms with Crippen LogP contribution in [-0.2, 0) is 11.2 Å². The molecule has 1 fully saturated rings. The number of carbonyl (C=O) groups is 1. The summed E-state index contributed by atoms with van der Waals surface area (Å²) in [7, 11) is 1.86. The molecule has 4 nitrogen and oxygen atoms in total. The SMILES string of the molecule is CCC(N)Cc1cccc(C)c1OCC(=O)N(C)C1CC1. The second-order valence-corrected chi connectivity index (χ2v) is 5.96. The van der Waals surface area contributed by atoms with E-state index in [1.54, 1.807) is 4.90 Å². The lowest BCUT2D eigenvalue weighted by molar-refractivity contribution is -0.132. The van der Waals surface area contributed by atoms with Crippen molar-refractivity contribution >= 4 is 5.91 Å². The van der Waals surface area contributed by atoms with Crippen LogP contribution in [0.5, 0.6) is 5.75 Å². The Hall–Kier alpha value is -1.55. The van der Waals surface area contributed by atoms with Crippen molar-refractivity contribution in [3.8, 4) is 5.75 Å². The Kier molecular flexibility index (Phi) is 5.23. The van der Waals surface area contributed by atoms with Gasteiger partial charge in [-0.15, -0.1) is 0 Å². The maximum absolute atomic E-state index is 12.1. The molecule has 1 unspecified atom stereocenters. The topological polar surface area (TPSA) is 55.6 Å². The van der Waals surface area contributed by atoms with Crippen LogP contribution in [0.4, 0.5) is 0 Å². The van der Waals surface area contributed by atoms with Gasteiger partial charge < -0.3 is 15.4 Å². The van der Waals surface area contributed by atoms with Crippen molar-refractivity contribution in [1.82, 2.24) is 4.90 Å². The Morgan fingerprint density at radius 1 is 1.48 bits per heavy atom. The molecule has 21 heavy (non-hydrogen) atoms. The van der Waals surface area contributed by atoms with Gasteiger partial charge in [0, 0.05) is 19.1 Å². The number of likely N-dealkylation sites (N-methyl/N-ethyl adjacent to an activating group) is 1. The standard InChI is InChI=1S/C17H26N2O2/c1-4-14(18)10-13-7-5-6-12(2)17(13)21-11-16(20)19(3)15-8-9-15/h5-7,14-15H,4,8-11,18H2,1-3H3. The van der Waals surface area contributed by atoms with E-state index in [4.69, 9.17) is 10.5 Å². The molecule has 1 aliphatic carbocycles. The van der Waals surface area contributed by atoms with E-state index in [2.05, 4.69) is 6.92 Å². The molecule has 2 N–H and O–H groups in total. The molecule has 0 aromatic heterocycles. The number of para-hydroxylation sites is 1. The summed E-state index contributed by atoms with van der Waals surface area (Å²) in [5.41, 5.74) is 8.19. The van der Waals surface area contributed by atoms with Crippen molar-refractivity contribution in [2.24, 2.45) is 5.73 Å². The van der Waals surface area contributed by atoms with Crippen molar-refractivity contribution in [3.05, 3.63) is 29.3 Å². The third-order valence-corrected chi connectivity index (χ3v) is 4.13. The molecule has 1 amide bonds. The van der Waals surface area contributed by atoms with E-state index in [9.17, 15) is 4.79 Å². The van der Waals surface area contributed by atoms with Crippen molar-refractivity contribution in [2.75, 3.05) is 13.7 Å². The number of ether oxygens (including phenoxy) is 1. The minimum absolute atomic E-state index is 0.0477. The first-order valence-corrected chi connectivity index (χ1v) is 7.75. The molecule has 0 aliphatic heterocycles. The fourth-order valence-corrected chi connectivity index (χ4v) is 2.41. The molecular formula is C17H26N2O2. The van der Waals surface area contributed by atoms with Crippen LogP contribution in [0.3, 0.4) is 0 Å². The summed E-state index contributed by atoms with van der Waals surface area (Å²) < 4.78 is 5.83. The van der Waals surface area contributed by atoms with Crippen LogP contribution in [0.15, 0.2) is 18.2 Å². The maximum atomic E-state index is 12.1. The van der Waals surface area contributed by atoms with E-state index in [-0.39, 0.29) is 18.6 Å². The monoisotopic (exact) mass is 290 g/mol. The number of carbonyl (C=O) groups excluding carboxylic acids is 1. The number of hydrogen-bond donors (Lipinski definition) is 1. The molecule has 4 heteroatoms. The van der Waals surface area contributed by atoms with Gasteiger partial charge in [-0.3, -0.25) is 4.79 Å². The first kappa shape index (κ1) is 15.8. The summed E-state index contributed by atoms with van der Waals surface area (Å²) in [6, 6.07) is 6.60. The highest BCUT2D eigenvalue weighted by atomic mass is 16.5. The van der Waals surface area contributed by atoms with Gasteiger partial charge in [0.1, 0.15) is 5.75 Å². The number of hydrogen-bond acceptors (Lipinski definition) is 3. The van der Waals surface area contributed by atoms with Gasteiger partial charge in [0.05, 0.1) is 0 Å². The third-order valence-electron chi connectivity index (χ3n) is 4.13. The third kappa shape index (κ3) is 4.21. The Morgan fingerprint density at radius 3 is 2.81 bits per heavy atom. The zero-order valence-electron chi connectivity index (χ0n) is 13.3.